The zero-order chi connectivity index (χ0) is 10.7. The Kier molecular flexibility index (Phi) is 3.23. The Bertz CT molecular complexity index is 267. The Labute approximate surface area is 89.7 Å². The van der Waals surface area contributed by atoms with E-state index in [9.17, 15) is 0 Å². The number of nitrogens with one attached hydrogen (secondary N) is 1. The number of rotatable bonds is 3. The number of hydroxylamine groups is 2. The van der Waals surface area contributed by atoms with Crippen LogP contribution in [0.1, 0.15) is 6.42 Å². The molecule has 2 atom stereocenters. The first-order valence-corrected chi connectivity index (χ1v) is 5.22. The maximum absolute atomic E-state index is 5.50. The van der Waals surface area contributed by atoms with Crippen molar-refractivity contribution in [1.82, 2.24) is 10.4 Å². The molecule has 1 saturated heterocycles. The molecule has 0 radical (unpaired) electrons. The van der Waals surface area contributed by atoms with Gasteiger partial charge in [0, 0.05) is 6.61 Å². The summed E-state index contributed by atoms with van der Waals surface area (Å²) in [5, 5.41) is 5.10. The van der Waals surface area contributed by atoms with E-state index in [4.69, 9.17) is 9.57 Å². The fourth-order valence-corrected chi connectivity index (χ4v) is 1.89. The van der Waals surface area contributed by atoms with Gasteiger partial charge in [0.2, 0.25) is 5.96 Å². The maximum Gasteiger partial charge on any atom is 0.218 e. The van der Waals surface area contributed by atoms with E-state index in [1.807, 2.05) is 6.08 Å². The predicted octanol–water partition coefficient (Wildman–Crippen LogP) is 0.152. The lowest BCUT2D eigenvalue weighted by Crippen LogP contribution is -2.46. The van der Waals surface area contributed by atoms with Crippen molar-refractivity contribution in [3.05, 3.63) is 12.7 Å². The number of aliphatic imine (C=N–C) groups is 1. The average Bonchev–Trinajstić information content (AvgIpc) is 2.87. The largest absolute Gasteiger partial charge is 0.372 e. The van der Waals surface area contributed by atoms with Gasteiger partial charge in [0.25, 0.3) is 0 Å². The highest BCUT2D eigenvalue weighted by atomic mass is 16.7. The molecule has 0 aromatic heterocycles. The molecule has 2 rings (SSSR count). The quantitative estimate of drug-likeness (QED) is 0.675. The van der Waals surface area contributed by atoms with Gasteiger partial charge >= 0.3 is 0 Å². The van der Waals surface area contributed by atoms with Crippen molar-refractivity contribution in [2.24, 2.45) is 4.99 Å². The van der Waals surface area contributed by atoms with Crippen molar-refractivity contribution < 1.29 is 9.57 Å². The summed E-state index contributed by atoms with van der Waals surface area (Å²) in [6.07, 6.45) is 2.89. The molecular formula is C10H17N3O2. The minimum Gasteiger partial charge on any atom is -0.372 e. The Hall–Kier alpha value is -1.07. The summed E-state index contributed by atoms with van der Waals surface area (Å²) in [6.45, 7) is 6.12. The van der Waals surface area contributed by atoms with Gasteiger partial charge in [-0.1, -0.05) is 6.08 Å². The molecule has 2 aliphatic heterocycles. The topological polar surface area (TPSA) is 46.1 Å². The number of nitrogens with zero attached hydrogens (tertiary/aromatic N) is 2. The minimum atomic E-state index is 0.0759. The molecule has 0 aromatic carbocycles. The molecule has 0 unspecified atom stereocenters. The summed E-state index contributed by atoms with van der Waals surface area (Å²) in [6, 6.07) is 0.261. The van der Waals surface area contributed by atoms with Gasteiger partial charge < -0.3 is 10.1 Å². The van der Waals surface area contributed by atoms with Gasteiger partial charge in [-0.15, -0.1) is 6.58 Å². The maximum atomic E-state index is 5.50. The normalized spacial score (nSPS) is 30.5. The van der Waals surface area contributed by atoms with E-state index in [1.54, 1.807) is 12.2 Å². The molecule has 0 bridgehead atoms. The van der Waals surface area contributed by atoms with Crippen LogP contribution in [0.25, 0.3) is 0 Å². The summed E-state index contributed by atoms with van der Waals surface area (Å²) >= 11 is 0. The van der Waals surface area contributed by atoms with Crippen LogP contribution in [-0.2, 0) is 9.57 Å². The van der Waals surface area contributed by atoms with E-state index in [0.29, 0.717) is 0 Å². The standard InChI is InChI=1S/C10H17N3O2/c1-3-9-8(4-7-15-9)12-10-11-5-6-13(10)14-2/h3,8-9H,1,4-7H2,2H3,(H,11,12)/t8-,9+/m1/s1. The molecule has 1 fully saturated rings. The third-order valence-electron chi connectivity index (χ3n) is 2.70. The van der Waals surface area contributed by atoms with E-state index >= 15 is 0 Å². The van der Waals surface area contributed by atoms with E-state index in [0.717, 1.165) is 32.1 Å². The zero-order valence-electron chi connectivity index (χ0n) is 8.98. The number of ether oxygens (including phenoxy) is 1. The minimum absolute atomic E-state index is 0.0759. The smallest absolute Gasteiger partial charge is 0.218 e. The van der Waals surface area contributed by atoms with Crippen molar-refractivity contribution in [2.75, 3.05) is 26.8 Å². The van der Waals surface area contributed by atoms with E-state index in [1.165, 1.54) is 0 Å². The summed E-state index contributed by atoms with van der Waals surface area (Å²) in [4.78, 5) is 9.51. The van der Waals surface area contributed by atoms with Crippen LogP contribution in [0.15, 0.2) is 17.6 Å². The second-order valence-corrected chi connectivity index (χ2v) is 3.60. The lowest BCUT2D eigenvalue weighted by Gasteiger charge is -2.23. The van der Waals surface area contributed by atoms with Gasteiger partial charge in [-0.25, -0.2) is 10.1 Å². The van der Waals surface area contributed by atoms with Crippen molar-refractivity contribution in [3.8, 4) is 0 Å². The molecule has 5 nitrogen and oxygen atoms in total. The van der Waals surface area contributed by atoms with E-state index in [2.05, 4.69) is 16.9 Å². The molecule has 0 aliphatic carbocycles. The van der Waals surface area contributed by atoms with Crippen molar-refractivity contribution >= 4 is 5.96 Å². The van der Waals surface area contributed by atoms with Crippen LogP contribution in [0.3, 0.4) is 0 Å². The Morgan fingerprint density at radius 2 is 2.60 bits per heavy atom. The van der Waals surface area contributed by atoms with Crippen molar-refractivity contribution in [1.29, 1.82) is 0 Å². The summed E-state index contributed by atoms with van der Waals surface area (Å²) < 4.78 is 5.50. The lowest BCUT2D eigenvalue weighted by atomic mass is 10.1. The lowest BCUT2D eigenvalue weighted by molar-refractivity contribution is -0.0588. The molecule has 5 heteroatoms. The van der Waals surface area contributed by atoms with Gasteiger partial charge in [0.05, 0.1) is 32.3 Å². The monoisotopic (exact) mass is 211 g/mol. The number of guanidine groups is 1. The Morgan fingerprint density at radius 1 is 1.73 bits per heavy atom. The van der Waals surface area contributed by atoms with Crippen LogP contribution in [0, 0.1) is 0 Å². The molecule has 0 spiro atoms. The van der Waals surface area contributed by atoms with E-state index < -0.39 is 0 Å². The van der Waals surface area contributed by atoms with Crippen LogP contribution < -0.4 is 5.32 Å². The molecule has 84 valence electrons. The first-order chi connectivity index (χ1) is 7.35. The van der Waals surface area contributed by atoms with Crippen LogP contribution in [0.4, 0.5) is 0 Å². The Balaban J connectivity index is 1.93. The van der Waals surface area contributed by atoms with Gasteiger partial charge in [-0.05, 0) is 6.42 Å². The molecule has 1 N–H and O–H groups in total. The van der Waals surface area contributed by atoms with Crippen LogP contribution in [0.2, 0.25) is 0 Å². The van der Waals surface area contributed by atoms with Gasteiger partial charge in [0.1, 0.15) is 0 Å². The van der Waals surface area contributed by atoms with Gasteiger partial charge in [0.15, 0.2) is 0 Å². The summed E-state index contributed by atoms with van der Waals surface area (Å²) in [7, 11) is 1.65. The third kappa shape index (κ3) is 2.13. The Morgan fingerprint density at radius 3 is 3.33 bits per heavy atom. The third-order valence-corrected chi connectivity index (χ3v) is 2.70. The van der Waals surface area contributed by atoms with Gasteiger partial charge in [-0.3, -0.25) is 4.84 Å². The van der Waals surface area contributed by atoms with Crippen LogP contribution >= 0.6 is 0 Å². The van der Waals surface area contributed by atoms with Crippen LogP contribution in [-0.4, -0.2) is 50.0 Å². The van der Waals surface area contributed by atoms with Crippen molar-refractivity contribution in [3.63, 3.8) is 0 Å². The SMILES string of the molecule is C=C[C@@H]1OCC[C@H]1NC1=NCCN1OC. The van der Waals surface area contributed by atoms with Crippen molar-refractivity contribution in [2.45, 2.75) is 18.6 Å². The predicted molar refractivity (Wildman–Crippen MR) is 57.5 cm³/mol. The first kappa shape index (κ1) is 10.4. The fraction of sp³-hybridized carbons (Fsp3) is 0.700. The second-order valence-electron chi connectivity index (χ2n) is 3.60. The zero-order valence-corrected chi connectivity index (χ0v) is 8.98. The second kappa shape index (κ2) is 4.63. The molecule has 2 aliphatic rings. The van der Waals surface area contributed by atoms with Crippen LogP contribution in [0.5, 0.6) is 0 Å². The average molecular weight is 211 g/mol. The highest BCUT2D eigenvalue weighted by molar-refractivity contribution is 5.80. The molecule has 0 amide bonds. The highest BCUT2D eigenvalue weighted by Gasteiger charge is 2.29. The van der Waals surface area contributed by atoms with Gasteiger partial charge in [-0.2, -0.15) is 0 Å². The molecule has 15 heavy (non-hydrogen) atoms. The summed E-state index contributed by atoms with van der Waals surface area (Å²) in [5.41, 5.74) is 0. The number of hydrogen-bond acceptors (Lipinski definition) is 5. The molecule has 2 heterocycles. The fourth-order valence-electron chi connectivity index (χ4n) is 1.89. The first-order valence-electron chi connectivity index (χ1n) is 5.22. The summed E-state index contributed by atoms with van der Waals surface area (Å²) in [5.74, 6) is 0.805. The van der Waals surface area contributed by atoms with E-state index in [-0.39, 0.29) is 12.1 Å². The highest BCUT2D eigenvalue weighted by Crippen LogP contribution is 2.15. The molecule has 0 saturated carbocycles. The molecule has 0 aromatic rings. The number of hydrogen-bond donors (Lipinski definition) is 1. The molecular weight excluding hydrogens is 194 g/mol.